The number of aromatic nitrogens is 2. The van der Waals surface area contributed by atoms with Crippen molar-refractivity contribution in [1.82, 2.24) is 9.97 Å². The maximum atomic E-state index is 11.0. The highest BCUT2D eigenvalue weighted by molar-refractivity contribution is 7.18. The third kappa shape index (κ3) is 2.70. The van der Waals surface area contributed by atoms with Gasteiger partial charge in [-0.2, -0.15) is 0 Å². The number of benzene rings is 1. The van der Waals surface area contributed by atoms with Crippen LogP contribution >= 0.6 is 11.3 Å². The molecule has 0 saturated heterocycles. The molecule has 3 aromatic rings. The van der Waals surface area contributed by atoms with Gasteiger partial charge in [0.15, 0.2) is 0 Å². The number of carboxylic acids is 1. The Kier molecular flexibility index (Phi) is 3.65. The molecule has 0 aliphatic heterocycles. The number of rotatable bonds is 3. The number of anilines is 2. The van der Waals surface area contributed by atoms with Crippen LogP contribution in [-0.2, 0) is 0 Å². The van der Waals surface area contributed by atoms with Gasteiger partial charge >= 0.3 is 5.97 Å². The highest BCUT2D eigenvalue weighted by atomic mass is 32.1. The Bertz CT molecular complexity index is 934. The van der Waals surface area contributed by atoms with Crippen molar-refractivity contribution >= 4 is 39.0 Å². The molecule has 0 aliphatic carbocycles. The van der Waals surface area contributed by atoms with Gasteiger partial charge in [0.1, 0.15) is 27.8 Å². The fourth-order valence-electron chi connectivity index (χ4n) is 2.37. The van der Waals surface area contributed by atoms with E-state index in [0.29, 0.717) is 17.3 Å². The summed E-state index contributed by atoms with van der Waals surface area (Å²) < 4.78 is 0. The van der Waals surface area contributed by atoms with Gasteiger partial charge in [-0.25, -0.2) is 14.8 Å². The van der Waals surface area contributed by atoms with Gasteiger partial charge in [-0.05, 0) is 38.5 Å². The minimum Gasteiger partial charge on any atom is -0.507 e. The highest BCUT2D eigenvalue weighted by Gasteiger charge is 2.15. The molecule has 0 amide bonds. The third-order valence-electron chi connectivity index (χ3n) is 3.63. The molecule has 2 heterocycles. The molecule has 0 bridgehead atoms. The first-order valence-electron chi connectivity index (χ1n) is 6.94. The van der Waals surface area contributed by atoms with E-state index >= 15 is 0 Å². The van der Waals surface area contributed by atoms with Crippen molar-refractivity contribution in [3.8, 4) is 5.75 Å². The van der Waals surface area contributed by atoms with E-state index in [4.69, 9.17) is 5.11 Å². The fraction of sp³-hybridized carbons (Fsp3) is 0.188. The first-order valence-corrected chi connectivity index (χ1v) is 7.76. The molecule has 0 fully saturated rings. The Hall–Kier alpha value is -2.67. The summed E-state index contributed by atoms with van der Waals surface area (Å²) in [5.74, 6) is -0.161. The van der Waals surface area contributed by atoms with E-state index in [-0.39, 0.29) is 11.3 Å². The third-order valence-corrected chi connectivity index (χ3v) is 4.73. The molecule has 7 heteroatoms. The minimum absolute atomic E-state index is 0.137. The van der Waals surface area contributed by atoms with E-state index in [9.17, 15) is 9.90 Å². The molecular weight excluding hydrogens is 314 g/mol. The molecule has 3 N–H and O–H groups in total. The van der Waals surface area contributed by atoms with Crippen LogP contribution in [0, 0.1) is 20.8 Å². The Labute approximate surface area is 136 Å². The largest absolute Gasteiger partial charge is 0.507 e. The second kappa shape index (κ2) is 5.51. The van der Waals surface area contributed by atoms with Crippen LogP contribution in [0.1, 0.15) is 26.6 Å². The molecular formula is C16H15N3O3S. The van der Waals surface area contributed by atoms with Gasteiger partial charge in [-0.3, -0.25) is 0 Å². The number of hydrogen-bond donors (Lipinski definition) is 3. The number of carboxylic acid groups (broad SMARTS) is 1. The van der Waals surface area contributed by atoms with Gasteiger partial charge in [0.2, 0.25) is 0 Å². The number of phenols is 1. The summed E-state index contributed by atoms with van der Waals surface area (Å²) in [6, 6.07) is 4.33. The smallest absolute Gasteiger partial charge is 0.339 e. The number of fused-ring (bicyclic) bond motifs is 1. The van der Waals surface area contributed by atoms with Gasteiger partial charge in [-0.1, -0.05) is 0 Å². The van der Waals surface area contributed by atoms with E-state index in [1.54, 1.807) is 17.4 Å². The number of hydrogen-bond acceptors (Lipinski definition) is 6. The second-order valence-electron chi connectivity index (χ2n) is 5.24. The Morgan fingerprint density at radius 2 is 1.96 bits per heavy atom. The summed E-state index contributed by atoms with van der Waals surface area (Å²) in [7, 11) is 0. The summed E-state index contributed by atoms with van der Waals surface area (Å²) in [5.41, 5.74) is 1.54. The van der Waals surface area contributed by atoms with Crippen LogP contribution in [-0.4, -0.2) is 26.2 Å². The lowest BCUT2D eigenvalue weighted by Gasteiger charge is -2.10. The zero-order valence-electron chi connectivity index (χ0n) is 12.8. The Morgan fingerprint density at radius 3 is 2.61 bits per heavy atom. The predicted molar refractivity (Wildman–Crippen MR) is 90.0 cm³/mol. The lowest BCUT2D eigenvalue weighted by Crippen LogP contribution is -2.00. The molecule has 23 heavy (non-hydrogen) atoms. The molecule has 0 saturated carbocycles. The average molecular weight is 329 g/mol. The quantitative estimate of drug-likeness (QED) is 0.677. The van der Waals surface area contributed by atoms with Crippen LogP contribution in [0.25, 0.3) is 10.2 Å². The van der Waals surface area contributed by atoms with Crippen LogP contribution in [0.2, 0.25) is 0 Å². The van der Waals surface area contributed by atoms with Crippen molar-refractivity contribution in [2.24, 2.45) is 0 Å². The molecule has 0 atom stereocenters. The van der Waals surface area contributed by atoms with E-state index in [0.717, 1.165) is 15.8 Å². The number of nitrogens with zero attached hydrogens (tertiary/aromatic N) is 2. The zero-order valence-corrected chi connectivity index (χ0v) is 13.7. The van der Waals surface area contributed by atoms with Crippen molar-refractivity contribution in [1.29, 1.82) is 0 Å². The van der Waals surface area contributed by atoms with Crippen molar-refractivity contribution < 1.29 is 15.0 Å². The van der Waals surface area contributed by atoms with Crippen molar-refractivity contribution in [2.75, 3.05) is 5.32 Å². The molecule has 3 rings (SSSR count). The summed E-state index contributed by atoms with van der Waals surface area (Å²) in [5, 5.41) is 22.9. The van der Waals surface area contributed by atoms with Crippen molar-refractivity contribution in [3.05, 3.63) is 40.0 Å². The predicted octanol–water partition coefficient (Wildman–Crippen LogP) is 3.76. The van der Waals surface area contributed by atoms with Gasteiger partial charge in [0.25, 0.3) is 0 Å². The molecule has 118 valence electrons. The number of aryl methyl sites for hydroxylation is 3. The molecule has 6 nitrogen and oxygen atoms in total. The second-order valence-corrected chi connectivity index (χ2v) is 6.45. The van der Waals surface area contributed by atoms with Crippen molar-refractivity contribution in [3.63, 3.8) is 0 Å². The molecule has 0 spiro atoms. The minimum atomic E-state index is -1.17. The van der Waals surface area contributed by atoms with Crippen LogP contribution in [0.3, 0.4) is 0 Å². The maximum Gasteiger partial charge on any atom is 0.339 e. The SMILES string of the molecule is Cc1nc(Nc2ccc(C(=O)O)c(O)c2)c2c(C)c(C)sc2n1. The van der Waals surface area contributed by atoms with E-state index in [1.807, 2.05) is 20.8 Å². The van der Waals surface area contributed by atoms with Crippen LogP contribution < -0.4 is 5.32 Å². The molecule has 1 aromatic carbocycles. The zero-order chi connectivity index (χ0) is 16.7. The number of aromatic hydroxyl groups is 1. The Balaban J connectivity index is 2.08. The van der Waals surface area contributed by atoms with Crippen LogP contribution in [0.4, 0.5) is 11.5 Å². The topological polar surface area (TPSA) is 95.3 Å². The average Bonchev–Trinajstić information content (AvgIpc) is 2.73. The monoisotopic (exact) mass is 329 g/mol. The summed E-state index contributed by atoms with van der Waals surface area (Å²) >= 11 is 1.61. The summed E-state index contributed by atoms with van der Waals surface area (Å²) in [4.78, 5) is 21.9. The van der Waals surface area contributed by atoms with Gasteiger partial charge in [-0.15, -0.1) is 11.3 Å². The van der Waals surface area contributed by atoms with E-state index in [2.05, 4.69) is 15.3 Å². The first kappa shape index (κ1) is 15.2. The molecule has 0 aliphatic rings. The maximum absolute atomic E-state index is 11.0. The number of aromatic carboxylic acids is 1. The summed E-state index contributed by atoms with van der Waals surface area (Å²) in [6.45, 7) is 5.87. The van der Waals surface area contributed by atoms with Gasteiger partial charge < -0.3 is 15.5 Å². The first-order chi connectivity index (χ1) is 10.9. The molecule has 0 unspecified atom stereocenters. The summed E-state index contributed by atoms with van der Waals surface area (Å²) in [6.07, 6.45) is 0. The highest BCUT2D eigenvalue weighted by Crippen LogP contribution is 2.35. The van der Waals surface area contributed by atoms with Gasteiger partial charge in [0, 0.05) is 16.6 Å². The van der Waals surface area contributed by atoms with Gasteiger partial charge in [0.05, 0.1) is 5.39 Å². The van der Waals surface area contributed by atoms with E-state index in [1.165, 1.54) is 17.0 Å². The fourth-order valence-corrected chi connectivity index (χ4v) is 3.45. The number of nitrogens with one attached hydrogen (secondary N) is 1. The lowest BCUT2D eigenvalue weighted by molar-refractivity contribution is 0.0694. The number of thiophene rings is 1. The van der Waals surface area contributed by atoms with Crippen LogP contribution in [0.15, 0.2) is 18.2 Å². The Morgan fingerprint density at radius 1 is 1.22 bits per heavy atom. The molecule has 2 aromatic heterocycles. The number of carbonyl (C=O) groups is 1. The van der Waals surface area contributed by atoms with E-state index < -0.39 is 5.97 Å². The standard InChI is InChI=1S/C16H15N3O3S/c1-7-8(2)23-15-13(7)14(17-9(3)18-15)19-10-4-5-11(16(21)22)12(20)6-10/h4-6,20H,1-3H3,(H,21,22)(H,17,18,19). The molecule has 0 radical (unpaired) electrons. The van der Waals surface area contributed by atoms with Crippen LogP contribution in [0.5, 0.6) is 5.75 Å². The lowest BCUT2D eigenvalue weighted by atomic mass is 10.1. The normalized spacial score (nSPS) is 10.9. The van der Waals surface area contributed by atoms with Crippen molar-refractivity contribution in [2.45, 2.75) is 20.8 Å².